The quantitative estimate of drug-likeness (QED) is 0.0632. The number of amidine groups is 2. The number of benzene rings is 4. The maximum atomic E-state index is 14.2. The Bertz CT molecular complexity index is 2110. The van der Waals surface area contributed by atoms with Gasteiger partial charge in [0.05, 0.1) is 23.1 Å². The number of nitrogens with zero attached hydrogens (tertiary/aromatic N) is 3. The number of rotatable bonds is 12. The zero-order valence-corrected chi connectivity index (χ0v) is 30.2. The molecule has 1 saturated carbocycles. The Kier molecular flexibility index (Phi) is 13.2. The van der Waals surface area contributed by atoms with Crippen LogP contribution in [0.15, 0.2) is 91.0 Å². The van der Waals surface area contributed by atoms with Gasteiger partial charge in [-0.1, -0.05) is 19.3 Å². The van der Waals surface area contributed by atoms with Crippen LogP contribution in [0, 0.1) is 10.8 Å². The Morgan fingerprint density at radius 1 is 0.792 bits per heavy atom. The van der Waals surface area contributed by atoms with Crippen LogP contribution in [-0.2, 0) is 17.9 Å². The van der Waals surface area contributed by atoms with Gasteiger partial charge in [0.1, 0.15) is 35.5 Å². The van der Waals surface area contributed by atoms with Crippen molar-refractivity contribution in [3.8, 4) is 11.5 Å². The third kappa shape index (κ3) is 9.50. The van der Waals surface area contributed by atoms with Gasteiger partial charge in [-0.2, -0.15) is 0 Å². The number of aromatic nitrogens is 2. The van der Waals surface area contributed by atoms with E-state index < -0.39 is 11.9 Å². The van der Waals surface area contributed by atoms with Gasteiger partial charge < -0.3 is 36.1 Å². The molecule has 5 aromatic rings. The van der Waals surface area contributed by atoms with Crippen molar-refractivity contribution >= 4 is 71.0 Å². The molecular weight excluding hydrogens is 719 g/mol. The molecule has 13 nitrogen and oxygen atoms in total. The highest BCUT2D eigenvalue weighted by Gasteiger charge is 2.24. The first kappa shape index (κ1) is 39.9. The Hall–Kier alpha value is -5.92. The number of nitrogens with one attached hydrogen (secondary N) is 3. The SMILES string of the molecule is Cl.Cl.N=C(N)c1ccc(Oc2ccc(N(Cc3nc4cc(C(=N)N)ccc4n3CC(=O)NC3CCCCC3)C(=O)c3ccc(C(=O)O)cc3)cc2)cc1. The van der Waals surface area contributed by atoms with E-state index in [4.69, 9.17) is 32.0 Å². The van der Waals surface area contributed by atoms with Crippen molar-refractivity contribution in [2.75, 3.05) is 4.90 Å². The number of ether oxygens (including phenoxy) is 1. The van der Waals surface area contributed by atoms with Gasteiger partial charge in [0.15, 0.2) is 0 Å². The van der Waals surface area contributed by atoms with Gasteiger partial charge in [0.2, 0.25) is 5.91 Å². The van der Waals surface area contributed by atoms with Gasteiger partial charge in [0, 0.05) is 28.4 Å². The minimum Gasteiger partial charge on any atom is -0.478 e. The number of nitrogens with two attached hydrogens (primary N) is 2. The van der Waals surface area contributed by atoms with Crippen LogP contribution in [0.5, 0.6) is 11.5 Å². The number of carbonyl (C=O) groups excluding carboxylic acids is 2. The summed E-state index contributed by atoms with van der Waals surface area (Å²) in [6.07, 6.45) is 5.15. The van der Waals surface area contributed by atoms with E-state index >= 15 is 0 Å². The number of aromatic carboxylic acids is 1. The van der Waals surface area contributed by atoms with E-state index in [1.807, 2.05) is 0 Å². The first-order chi connectivity index (χ1) is 24.5. The fraction of sp³-hybridized carbons (Fsp3) is 0.211. The fourth-order valence-electron chi connectivity index (χ4n) is 6.17. The van der Waals surface area contributed by atoms with Crippen LogP contribution in [0.4, 0.5) is 5.69 Å². The highest BCUT2D eigenvalue weighted by Crippen LogP contribution is 2.28. The first-order valence-corrected chi connectivity index (χ1v) is 16.6. The van der Waals surface area contributed by atoms with E-state index in [0.29, 0.717) is 45.2 Å². The smallest absolute Gasteiger partial charge is 0.335 e. The molecule has 0 aliphatic heterocycles. The first-order valence-electron chi connectivity index (χ1n) is 16.6. The zero-order valence-electron chi connectivity index (χ0n) is 28.6. The van der Waals surface area contributed by atoms with Crippen molar-refractivity contribution in [2.24, 2.45) is 11.5 Å². The molecule has 0 atom stereocenters. The molecule has 0 bridgehead atoms. The van der Waals surface area contributed by atoms with Gasteiger partial charge in [-0.3, -0.25) is 20.4 Å². The third-order valence-electron chi connectivity index (χ3n) is 8.88. The molecule has 1 aromatic heterocycles. The van der Waals surface area contributed by atoms with Crippen LogP contribution in [-0.4, -0.2) is 50.2 Å². The molecule has 15 heteroatoms. The maximum absolute atomic E-state index is 14.2. The predicted molar refractivity (Wildman–Crippen MR) is 208 cm³/mol. The summed E-state index contributed by atoms with van der Waals surface area (Å²) >= 11 is 0. The second-order valence-electron chi connectivity index (χ2n) is 12.4. The number of carbonyl (C=O) groups is 3. The van der Waals surface area contributed by atoms with Gasteiger partial charge >= 0.3 is 5.97 Å². The average Bonchev–Trinajstić information content (AvgIpc) is 3.46. The molecule has 276 valence electrons. The summed E-state index contributed by atoms with van der Waals surface area (Å²) in [6.45, 7) is -0.0840. The fourth-order valence-corrected chi connectivity index (χ4v) is 6.17. The Labute approximate surface area is 318 Å². The molecule has 0 unspecified atom stereocenters. The van der Waals surface area contributed by atoms with Crippen molar-refractivity contribution < 1.29 is 24.2 Å². The summed E-state index contributed by atoms with van der Waals surface area (Å²) in [5.41, 5.74) is 14.3. The standard InChI is InChI=1S/C38H38N8O5.2ClH/c39-35(40)23-10-15-29(16-11-23)51-30-17-13-28(14-18-30)45(37(48)24-6-8-25(9-7-24)38(49)50)21-33-44-31-20-26(36(41)42)12-19-32(31)46(33)22-34(47)43-27-4-2-1-3-5-27;;/h6-20,27H,1-5,21-22H2,(H3,39,40)(H3,41,42)(H,43,47)(H,49,50);2*1H. The molecule has 1 heterocycles. The molecule has 0 spiro atoms. The zero-order chi connectivity index (χ0) is 36.1. The molecule has 0 radical (unpaired) electrons. The van der Waals surface area contributed by atoms with E-state index in [9.17, 15) is 19.5 Å². The number of amides is 2. The summed E-state index contributed by atoms with van der Waals surface area (Å²) in [6, 6.07) is 24.5. The highest BCUT2D eigenvalue weighted by molar-refractivity contribution is 6.06. The lowest BCUT2D eigenvalue weighted by atomic mass is 9.95. The molecule has 53 heavy (non-hydrogen) atoms. The number of nitrogen functional groups attached to an aromatic ring is 2. The van der Waals surface area contributed by atoms with Crippen LogP contribution in [0.1, 0.15) is 69.8 Å². The summed E-state index contributed by atoms with van der Waals surface area (Å²) < 4.78 is 7.75. The topological polar surface area (TPSA) is 213 Å². The Morgan fingerprint density at radius 2 is 1.34 bits per heavy atom. The van der Waals surface area contributed by atoms with Crippen LogP contribution in [0.3, 0.4) is 0 Å². The number of fused-ring (bicyclic) bond motifs is 1. The van der Waals surface area contributed by atoms with Crippen molar-refractivity contribution in [1.29, 1.82) is 10.8 Å². The van der Waals surface area contributed by atoms with Gasteiger partial charge in [-0.15, -0.1) is 24.8 Å². The highest BCUT2D eigenvalue weighted by atomic mass is 35.5. The van der Waals surface area contributed by atoms with Crippen LogP contribution >= 0.6 is 24.8 Å². The minimum atomic E-state index is -1.11. The maximum Gasteiger partial charge on any atom is 0.335 e. The van der Waals surface area contributed by atoms with Crippen LogP contribution in [0.25, 0.3) is 11.0 Å². The normalized spacial score (nSPS) is 12.5. The lowest BCUT2D eigenvalue weighted by molar-refractivity contribution is -0.122. The molecule has 1 fully saturated rings. The average molecular weight is 760 g/mol. The molecular formula is C38H40Cl2N8O5. The molecule has 4 aromatic carbocycles. The van der Waals surface area contributed by atoms with Crippen LogP contribution in [0.2, 0.25) is 0 Å². The van der Waals surface area contributed by atoms with Crippen molar-refractivity contribution in [3.63, 3.8) is 0 Å². The van der Waals surface area contributed by atoms with E-state index in [1.165, 1.54) is 29.2 Å². The summed E-state index contributed by atoms with van der Waals surface area (Å²) in [4.78, 5) is 45.5. The second kappa shape index (κ2) is 17.5. The predicted octanol–water partition coefficient (Wildman–Crippen LogP) is 6.23. The number of hydrogen-bond donors (Lipinski definition) is 6. The monoisotopic (exact) mass is 758 g/mol. The summed E-state index contributed by atoms with van der Waals surface area (Å²) in [7, 11) is 0. The molecule has 2 amide bonds. The van der Waals surface area contributed by atoms with Crippen LogP contribution < -0.4 is 26.4 Å². The molecule has 8 N–H and O–H groups in total. The van der Waals surface area contributed by atoms with Gasteiger partial charge in [-0.25, -0.2) is 9.78 Å². The summed E-state index contributed by atoms with van der Waals surface area (Å²) in [5, 5.41) is 28.1. The van der Waals surface area contributed by atoms with Gasteiger partial charge in [-0.05, 0) is 104 Å². The largest absolute Gasteiger partial charge is 0.478 e. The molecule has 6 rings (SSSR count). The molecule has 1 aliphatic carbocycles. The van der Waals surface area contributed by atoms with E-state index in [-0.39, 0.29) is 72.7 Å². The van der Waals surface area contributed by atoms with E-state index in [0.717, 1.165) is 32.1 Å². The van der Waals surface area contributed by atoms with Crippen molar-refractivity contribution in [2.45, 2.75) is 51.2 Å². The van der Waals surface area contributed by atoms with Gasteiger partial charge in [0.25, 0.3) is 5.91 Å². The number of carboxylic acids is 1. The lowest BCUT2D eigenvalue weighted by Crippen LogP contribution is -2.38. The number of anilines is 1. The minimum absolute atomic E-state index is 0. The van der Waals surface area contributed by atoms with E-state index in [1.54, 1.807) is 71.3 Å². The third-order valence-corrected chi connectivity index (χ3v) is 8.88. The number of carboxylic acid groups (broad SMARTS) is 1. The lowest BCUT2D eigenvalue weighted by Gasteiger charge is -2.25. The number of halogens is 2. The number of hydrogen-bond acceptors (Lipinski definition) is 7. The van der Waals surface area contributed by atoms with E-state index in [2.05, 4.69) is 5.32 Å². The molecule has 0 saturated heterocycles. The van der Waals surface area contributed by atoms with Crippen molar-refractivity contribution in [1.82, 2.24) is 14.9 Å². The number of imidazole rings is 1. The Balaban J connectivity index is 0.00000314. The Morgan fingerprint density at radius 3 is 1.92 bits per heavy atom. The summed E-state index contributed by atoms with van der Waals surface area (Å²) in [5.74, 6) is -0.422. The van der Waals surface area contributed by atoms with Crippen molar-refractivity contribution in [3.05, 3.63) is 119 Å². The second-order valence-corrected chi connectivity index (χ2v) is 12.4. The molecule has 1 aliphatic rings.